The first-order valence-electron chi connectivity index (χ1n) is 17.9. The summed E-state index contributed by atoms with van der Waals surface area (Å²) in [4.78, 5) is 35.7. The fourth-order valence-corrected chi connectivity index (χ4v) is 4.83. The van der Waals surface area contributed by atoms with Crippen LogP contribution in [0.2, 0.25) is 0 Å². The van der Waals surface area contributed by atoms with E-state index in [1.807, 2.05) is 13.8 Å². The van der Waals surface area contributed by atoms with Gasteiger partial charge in [0.15, 0.2) is 0 Å². The van der Waals surface area contributed by atoms with Gasteiger partial charge < -0.3 is 38.6 Å². The van der Waals surface area contributed by atoms with Crippen LogP contribution in [0.3, 0.4) is 0 Å². The fraction of sp³-hybridized carbons (Fsp3) is 0.750. The van der Waals surface area contributed by atoms with Crippen LogP contribution in [-0.2, 0) is 33.2 Å². The number of aliphatic hydroxyl groups is 1. The van der Waals surface area contributed by atoms with Crippen LogP contribution in [0.1, 0.15) is 96.5 Å². The lowest BCUT2D eigenvalue weighted by atomic mass is 9.88. The number of carboxylic acid groups (broad SMARTS) is 1. The zero-order valence-electron chi connectivity index (χ0n) is 30.1. The maximum Gasteiger partial charge on any atom is 0.411 e. The Morgan fingerprint density at radius 2 is 1.24 bits per heavy atom. The number of anilines is 2. The number of carboxylic acids is 1. The highest BCUT2D eigenvalue weighted by atomic mass is 16.6. The molecule has 0 aliphatic rings. The van der Waals surface area contributed by atoms with Crippen LogP contribution >= 0.6 is 0 Å². The number of carbonyl (C=O) groups is 3. The van der Waals surface area contributed by atoms with Gasteiger partial charge in [0.05, 0.1) is 77.9 Å². The number of aliphatic carboxylic acids is 1. The van der Waals surface area contributed by atoms with E-state index in [2.05, 4.69) is 17.6 Å². The summed E-state index contributed by atoms with van der Waals surface area (Å²) in [6, 6.07) is 5.10. The molecule has 282 valence electrons. The molecule has 4 N–H and O–H groups in total. The third kappa shape index (κ3) is 23.1. The van der Waals surface area contributed by atoms with Crippen molar-refractivity contribution in [2.75, 3.05) is 83.3 Å². The average molecular weight is 699 g/mol. The number of aryl methyl sites for hydroxylation is 1. The Morgan fingerprint density at radius 1 is 0.673 bits per heavy atom. The molecule has 13 nitrogen and oxygen atoms in total. The molecule has 0 aliphatic carbocycles. The molecule has 0 spiro atoms. The van der Waals surface area contributed by atoms with E-state index in [9.17, 15) is 14.4 Å². The second-order valence-corrected chi connectivity index (χ2v) is 12.2. The van der Waals surface area contributed by atoms with E-state index in [1.165, 1.54) is 44.9 Å². The topological polar surface area (TPSA) is 171 Å². The summed E-state index contributed by atoms with van der Waals surface area (Å²) in [5, 5.41) is 23.1. The van der Waals surface area contributed by atoms with E-state index < -0.39 is 23.6 Å². The predicted molar refractivity (Wildman–Crippen MR) is 188 cm³/mol. The quantitative estimate of drug-likeness (QED) is 0.0592. The van der Waals surface area contributed by atoms with Crippen molar-refractivity contribution in [1.82, 2.24) is 0 Å². The van der Waals surface area contributed by atoms with Gasteiger partial charge in [0.1, 0.15) is 6.61 Å². The second kappa shape index (κ2) is 28.8. The molecule has 1 rings (SSSR count). The molecule has 0 bridgehead atoms. The minimum atomic E-state index is -0.932. The van der Waals surface area contributed by atoms with E-state index in [0.717, 1.165) is 24.8 Å². The standard InChI is InChI=1S/C36H62N2O11/c1-4-6-7-8-9-10-11-12-13-14-19-48-35(43)38-32-16-15-31(26-30(32)3)37-34(42)49-29-36(5-2,28-47-25-23-45-21-18-39)27-46-24-22-44-20-17-33(40)41/h15-16,26,39H,4-14,17-25,27-29H2,1-3H3,(H,37,42)(H,38,43)(H,40,41). The van der Waals surface area contributed by atoms with Crippen molar-refractivity contribution in [3.63, 3.8) is 0 Å². The van der Waals surface area contributed by atoms with Gasteiger partial charge in [0.2, 0.25) is 0 Å². The third-order valence-electron chi connectivity index (χ3n) is 7.96. The molecule has 0 radical (unpaired) electrons. The van der Waals surface area contributed by atoms with Crippen molar-refractivity contribution in [3.05, 3.63) is 23.8 Å². The largest absolute Gasteiger partial charge is 0.481 e. The molecule has 0 aliphatic heterocycles. The number of rotatable bonds is 31. The number of aliphatic hydroxyl groups excluding tert-OH is 1. The van der Waals surface area contributed by atoms with Crippen molar-refractivity contribution in [1.29, 1.82) is 0 Å². The van der Waals surface area contributed by atoms with Crippen molar-refractivity contribution in [2.45, 2.75) is 97.8 Å². The molecule has 0 fully saturated rings. The smallest absolute Gasteiger partial charge is 0.411 e. The number of benzene rings is 1. The summed E-state index contributed by atoms with van der Waals surface area (Å²) in [5.41, 5.74) is 1.17. The molecule has 49 heavy (non-hydrogen) atoms. The van der Waals surface area contributed by atoms with Crippen LogP contribution in [0.25, 0.3) is 0 Å². The van der Waals surface area contributed by atoms with Gasteiger partial charge in [0.25, 0.3) is 0 Å². The number of ether oxygens (including phenoxy) is 6. The lowest BCUT2D eigenvalue weighted by Gasteiger charge is -2.31. The van der Waals surface area contributed by atoms with E-state index in [1.54, 1.807) is 18.2 Å². The zero-order chi connectivity index (χ0) is 36.0. The van der Waals surface area contributed by atoms with Crippen LogP contribution in [0, 0.1) is 12.3 Å². The first kappa shape index (κ1) is 44.1. The van der Waals surface area contributed by atoms with E-state index in [4.69, 9.17) is 38.6 Å². The second-order valence-electron chi connectivity index (χ2n) is 12.2. The molecule has 1 aromatic carbocycles. The SMILES string of the molecule is CCCCCCCCCCCCOC(=O)Nc1ccc(NC(=O)OCC(CC)(COCCOCCO)COCCOCCC(=O)O)cc1C. The van der Waals surface area contributed by atoms with Crippen molar-refractivity contribution < 1.29 is 53.0 Å². The van der Waals surface area contributed by atoms with E-state index in [0.29, 0.717) is 37.6 Å². The summed E-state index contributed by atoms with van der Waals surface area (Å²) in [7, 11) is 0. The Bertz CT molecular complexity index is 1030. The summed E-state index contributed by atoms with van der Waals surface area (Å²) in [6.45, 7) is 8.12. The molecular formula is C36H62N2O11. The maximum absolute atomic E-state index is 12.8. The molecule has 1 unspecified atom stereocenters. The van der Waals surface area contributed by atoms with Crippen LogP contribution in [0.15, 0.2) is 18.2 Å². The Kier molecular flexibility index (Phi) is 25.9. The minimum Gasteiger partial charge on any atom is -0.481 e. The summed E-state index contributed by atoms with van der Waals surface area (Å²) >= 11 is 0. The van der Waals surface area contributed by atoms with Crippen LogP contribution in [0.5, 0.6) is 0 Å². The van der Waals surface area contributed by atoms with E-state index in [-0.39, 0.29) is 59.3 Å². The van der Waals surface area contributed by atoms with Gasteiger partial charge in [-0.25, -0.2) is 9.59 Å². The third-order valence-corrected chi connectivity index (χ3v) is 7.96. The minimum absolute atomic E-state index is 0.0101. The van der Waals surface area contributed by atoms with Gasteiger partial charge in [-0.1, -0.05) is 71.6 Å². The first-order chi connectivity index (χ1) is 23.7. The number of nitrogens with one attached hydrogen (secondary N) is 2. The van der Waals surface area contributed by atoms with Crippen LogP contribution < -0.4 is 10.6 Å². The van der Waals surface area contributed by atoms with Gasteiger partial charge in [-0.2, -0.15) is 0 Å². The van der Waals surface area contributed by atoms with E-state index >= 15 is 0 Å². The van der Waals surface area contributed by atoms with Crippen LogP contribution in [0.4, 0.5) is 21.0 Å². The predicted octanol–water partition coefficient (Wildman–Crippen LogP) is 6.94. The lowest BCUT2D eigenvalue weighted by Crippen LogP contribution is -2.39. The van der Waals surface area contributed by atoms with Gasteiger partial charge >= 0.3 is 18.2 Å². The highest BCUT2D eigenvalue weighted by molar-refractivity contribution is 5.88. The normalized spacial score (nSPS) is 12.3. The number of hydrogen-bond acceptors (Lipinski definition) is 10. The molecule has 1 aromatic rings. The van der Waals surface area contributed by atoms with Gasteiger partial charge in [-0.3, -0.25) is 15.4 Å². The van der Waals surface area contributed by atoms with Gasteiger partial charge in [-0.05, 0) is 43.5 Å². The Morgan fingerprint density at radius 3 is 1.82 bits per heavy atom. The average Bonchev–Trinajstić information content (AvgIpc) is 3.08. The van der Waals surface area contributed by atoms with Crippen molar-refractivity contribution >= 4 is 29.5 Å². The Hall–Kier alpha value is -2.97. The number of hydrogen-bond donors (Lipinski definition) is 4. The van der Waals surface area contributed by atoms with Crippen molar-refractivity contribution in [2.24, 2.45) is 5.41 Å². The van der Waals surface area contributed by atoms with Gasteiger partial charge in [0, 0.05) is 11.4 Å². The summed E-state index contributed by atoms with van der Waals surface area (Å²) in [6.07, 6.45) is 11.4. The molecule has 0 heterocycles. The molecular weight excluding hydrogens is 636 g/mol. The number of carbonyl (C=O) groups excluding carboxylic acids is 2. The fourth-order valence-electron chi connectivity index (χ4n) is 4.83. The number of unbranched alkanes of at least 4 members (excludes halogenated alkanes) is 9. The van der Waals surface area contributed by atoms with Crippen molar-refractivity contribution in [3.8, 4) is 0 Å². The molecule has 13 heteroatoms. The van der Waals surface area contributed by atoms with Gasteiger partial charge in [-0.15, -0.1) is 0 Å². The zero-order valence-corrected chi connectivity index (χ0v) is 30.1. The first-order valence-corrected chi connectivity index (χ1v) is 17.9. The Labute approximate surface area is 292 Å². The highest BCUT2D eigenvalue weighted by Gasteiger charge is 2.31. The maximum atomic E-state index is 12.8. The number of amides is 2. The highest BCUT2D eigenvalue weighted by Crippen LogP contribution is 2.25. The molecule has 0 saturated heterocycles. The monoisotopic (exact) mass is 698 g/mol. The molecule has 0 aromatic heterocycles. The molecule has 1 atom stereocenters. The molecule has 2 amide bonds. The molecule has 0 saturated carbocycles. The summed E-state index contributed by atoms with van der Waals surface area (Å²) < 4.78 is 33.1. The Balaban J connectivity index is 2.50. The summed E-state index contributed by atoms with van der Waals surface area (Å²) in [5.74, 6) is -0.932. The van der Waals surface area contributed by atoms with Crippen LogP contribution in [-0.4, -0.2) is 101 Å². The lowest BCUT2D eigenvalue weighted by molar-refractivity contribution is -0.138.